The second-order valence-corrected chi connectivity index (χ2v) is 3.54. The zero-order valence-electron chi connectivity index (χ0n) is 7.99. The number of carbonyl (C=O) groups excluding carboxylic acids is 1. The fourth-order valence-corrected chi connectivity index (χ4v) is 1.64. The van der Waals surface area contributed by atoms with Gasteiger partial charge in [0.25, 0.3) is 0 Å². The number of rotatable bonds is 1. The van der Waals surface area contributed by atoms with E-state index in [4.69, 9.17) is 10.4 Å². The van der Waals surface area contributed by atoms with Gasteiger partial charge in [-0.1, -0.05) is 0 Å². The van der Waals surface area contributed by atoms with E-state index < -0.39 is 11.4 Å². The summed E-state index contributed by atoms with van der Waals surface area (Å²) >= 11 is 0. The lowest BCUT2D eigenvalue weighted by molar-refractivity contribution is -0.150. The Morgan fingerprint density at radius 3 is 2.64 bits per heavy atom. The van der Waals surface area contributed by atoms with Gasteiger partial charge in [-0.25, -0.2) is 0 Å². The molecule has 0 saturated carbocycles. The molecule has 5 nitrogen and oxygen atoms in total. The summed E-state index contributed by atoms with van der Waals surface area (Å²) in [6, 6.07) is 1.81. The zero-order valence-corrected chi connectivity index (χ0v) is 7.99. The van der Waals surface area contributed by atoms with Crippen LogP contribution in [0.5, 0.6) is 0 Å². The molecule has 1 saturated heterocycles. The molecule has 1 aliphatic heterocycles. The Balaban J connectivity index is 2.86. The van der Waals surface area contributed by atoms with Crippen molar-refractivity contribution in [3.05, 3.63) is 0 Å². The highest BCUT2D eigenvalue weighted by Crippen LogP contribution is 2.29. The predicted octanol–water partition coefficient (Wildman–Crippen LogP) is 0.223. The minimum atomic E-state index is -1.40. The van der Waals surface area contributed by atoms with Gasteiger partial charge in [-0.2, -0.15) is 5.26 Å². The second kappa shape index (κ2) is 3.66. The summed E-state index contributed by atoms with van der Waals surface area (Å²) in [4.78, 5) is 23.4. The summed E-state index contributed by atoms with van der Waals surface area (Å²) in [6.07, 6.45) is 0.891. The molecule has 0 aliphatic carbocycles. The molecule has 0 spiro atoms. The smallest absolute Gasteiger partial charge is 0.325 e. The summed E-state index contributed by atoms with van der Waals surface area (Å²) in [5, 5.41) is 17.8. The highest BCUT2D eigenvalue weighted by molar-refractivity contribution is 5.80. The minimum absolute atomic E-state index is 0.00810. The lowest BCUT2D eigenvalue weighted by Crippen LogP contribution is -2.48. The molecule has 1 N–H and O–H groups in total. The van der Waals surface area contributed by atoms with Crippen LogP contribution in [0.2, 0.25) is 0 Å². The van der Waals surface area contributed by atoms with Crippen molar-refractivity contribution in [2.24, 2.45) is 5.41 Å². The minimum Gasteiger partial charge on any atom is -0.480 e. The molecule has 1 unspecified atom stereocenters. The Morgan fingerprint density at radius 2 is 2.21 bits per heavy atom. The molecular formula is C9H12N2O3. The Kier molecular flexibility index (Phi) is 2.75. The molecular weight excluding hydrogens is 184 g/mol. The maximum atomic E-state index is 11.0. The number of amides is 1. The number of likely N-dealkylation sites (tertiary alicyclic amines) is 1. The van der Waals surface area contributed by atoms with E-state index in [9.17, 15) is 9.59 Å². The number of carbonyl (C=O) groups is 2. The maximum absolute atomic E-state index is 11.0. The normalized spacial score (nSPS) is 26.7. The number of piperidine rings is 1. The average molecular weight is 196 g/mol. The van der Waals surface area contributed by atoms with E-state index >= 15 is 0 Å². The van der Waals surface area contributed by atoms with Crippen molar-refractivity contribution >= 4 is 11.9 Å². The van der Waals surface area contributed by atoms with E-state index in [1.807, 2.05) is 6.07 Å². The zero-order chi connectivity index (χ0) is 10.8. The molecule has 14 heavy (non-hydrogen) atoms. The number of carboxylic acids is 1. The fraction of sp³-hybridized carbons (Fsp3) is 0.667. The van der Waals surface area contributed by atoms with Crippen molar-refractivity contribution < 1.29 is 14.7 Å². The summed E-state index contributed by atoms with van der Waals surface area (Å²) in [6.45, 7) is 1.94. The van der Waals surface area contributed by atoms with Gasteiger partial charge in [-0.3, -0.25) is 9.59 Å². The first-order valence-corrected chi connectivity index (χ1v) is 4.42. The molecule has 76 valence electrons. The number of nitrogens with zero attached hydrogens (tertiary/aromatic N) is 2. The van der Waals surface area contributed by atoms with Crippen LogP contribution in [-0.4, -0.2) is 35.0 Å². The van der Waals surface area contributed by atoms with Crippen LogP contribution >= 0.6 is 0 Å². The van der Waals surface area contributed by atoms with Crippen molar-refractivity contribution in [3.63, 3.8) is 0 Å². The van der Waals surface area contributed by atoms with Gasteiger partial charge < -0.3 is 10.0 Å². The predicted molar refractivity (Wildman–Crippen MR) is 47.2 cm³/mol. The first kappa shape index (κ1) is 10.5. The van der Waals surface area contributed by atoms with Gasteiger partial charge >= 0.3 is 5.97 Å². The van der Waals surface area contributed by atoms with E-state index in [2.05, 4.69) is 0 Å². The van der Waals surface area contributed by atoms with E-state index in [0.29, 0.717) is 19.4 Å². The molecule has 0 radical (unpaired) electrons. The number of hydrogen-bond acceptors (Lipinski definition) is 3. The molecule has 5 heteroatoms. The second-order valence-electron chi connectivity index (χ2n) is 3.54. The fourth-order valence-electron chi connectivity index (χ4n) is 1.64. The van der Waals surface area contributed by atoms with Crippen LogP contribution in [0.3, 0.4) is 0 Å². The third-order valence-corrected chi connectivity index (χ3v) is 2.56. The monoisotopic (exact) mass is 196 g/mol. The largest absolute Gasteiger partial charge is 0.480 e. The summed E-state index contributed by atoms with van der Waals surface area (Å²) in [7, 11) is 0. The maximum Gasteiger partial charge on any atom is 0.325 e. The van der Waals surface area contributed by atoms with Crippen molar-refractivity contribution in [1.82, 2.24) is 4.90 Å². The Morgan fingerprint density at radius 1 is 1.57 bits per heavy atom. The van der Waals surface area contributed by atoms with Crippen LogP contribution in [0, 0.1) is 16.7 Å². The first-order chi connectivity index (χ1) is 6.52. The van der Waals surface area contributed by atoms with Crippen LogP contribution in [0.25, 0.3) is 0 Å². The van der Waals surface area contributed by atoms with Gasteiger partial charge in [0.2, 0.25) is 5.91 Å². The van der Waals surface area contributed by atoms with Gasteiger partial charge in [0.15, 0.2) is 5.41 Å². The highest BCUT2D eigenvalue weighted by Gasteiger charge is 2.43. The van der Waals surface area contributed by atoms with Gasteiger partial charge in [-0.15, -0.1) is 0 Å². The van der Waals surface area contributed by atoms with Crippen LogP contribution in [0.1, 0.15) is 19.8 Å². The summed E-state index contributed by atoms with van der Waals surface area (Å²) in [5.74, 6) is -1.31. The SMILES string of the molecule is CC(=O)N1CCCC(C#N)(C(=O)O)C1. The van der Waals surface area contributed by atoms with Crippen molar-refractivity contribution in [2.45, 2.75) is 19.8 Å². The third-order valence-electron chi connectivity index (χ3n) is 2.56. The highest BCUT2D eigenvalue weighted by atomic mass is 16.4. The number of hydrogen-bond donors (Lipinski definition) is 1. The number of nitriles is 1. The molecule has 1 amide bonds. The van der Waals surface area contributed by atoms with Crippen LogP contribution in [0.4, 0.5) is 0 Å². The summed E-state index contributed by atoms with van der Waals surface area (Å²) < 4.78 is 0. The van der Waals surface area contributed by atoms with Crippen molar-refractivity contribution in [1.29, 1.82) is 5.26 Å². The number of aliphatic carboxylic acids is 1. The van der Waals surface area contributed by atoms with E-state index in [1.54, 1.807) is 0 Å². The number of carboxylic acid groups (broad SMARTS) is 1. The van der Waals surface area contributed by atoms with Gasteiger partial charge in [-0.05, 0) is 12.8 Å². The van der Waals surface area contributed by atoms with Gasteiger partial charge in [0.05, 0.1) is 6.07 Å². The quantitative estimate of drug-likeness (QED) is 0.650. The molecule has 1 heterocycles. The standard InChI is InChI=1S/C9H12N2O3/c1-7(12)11-4-2-3-9(5-10,6-11)8(13)14/h2-4,6H2,1H3,(H,13,14). The van der Waals surface area contributed by atoms with Crippen LogP contribution in [-0.2, 0) is 9.59 Å². The average Bonchev–Trinajstić information content (AvgIpc) is 2.17. The Bertz CT molecular complexity index is 308. The van der Waals surface area contributed by atoms with Crippen molar-refractivity contribution in [2.75, 3.05) is 13.1 Å². The van der Waals surface area contributed by atoms with Gasteiger partial charge in [0.1, 0.15) is 0 Å². The molecule has 1 atom stereocenters. The lowest BCUT2D eigenvalue weighted by atomic mass is 9.81. The third kappa shape index (κ3) is 1.69. The van der Waals surface area contributed by atoms with Gasteiger partial charge in [0, 0.05) is 20.0 Å². The Labute approximate surface area is 81.9 Å². The molecule has 0 aromatic rings. The Hall–Kier alpha value is -1.57. The molecule has 0 aromatic heterocycles. The topological polar surface area (TPSA) is 81.4 Å². The van der Waals surface area contributed by atoms with Crippen LogP contribution < -0.4 is 0 Å². The van der Waals surface area contributed by atoms with E-state index in [1.165, 1.54) is 11.8 Å². The van der Waals surface area contributed by atoms with E-state index in [-0.39, 0.29) is 12.5 Å². The molecule has 1 aliphatic rings. The first-order valence-electron chi connectivity index (χ1n) is 4.42. The molecule has 1 fully saturated rings. The molecule has 1 rings (SSSR count). The summed E-state index contributed by atoms with van der Waals surface area (Å²) in [5.41, 5.74) is -1.40. The lowest BCUT2D eigenvalue weighted by Gasteiger charge is -2.34. The van der Waals surface area contributed by atoms with Crippen molar-refractivity contribution in [3.8, 4) is 6.07 Å². The van der Waals surface area contributed by atoms with Crippen LogP contribution in [0.15, 0.2) is 0 Å². The van der Waals surface area contributed by atoms with E-state index in [0.717, 1.165) is 0 Å². The molecule has 0 aromatic carbocycles. The molecule has 0 bridgehead atoms.